The summed E-state index contributed by atoms with van der Waals surface area (Å²) in [6, 6.07) is 7.39. The number of carbonyl (C=O) groups excluding carboxylic acids is 1. The first kappa shape index (κ1) is 15.3. The van der Waals surface area contributed by atoms with E-state index in [0.717, 1.165) is 30.8 Å². The molecule has 1 unspecified atom stereocenters. The molecule has 106 valence electrons. The fourth-order valence-electron chi connectivity index (χ4n) is 1.67. The van der Waals surface area contributed by atoms with Gasteiger partial charge < -0.3 is 15.4 Å². The Morgan fingerprint density at radius 2 is 1.95 bits per heavy atom. The van der Waals surface area contributed by atoms with Crippen molar-refractivity contribution in [3.63, 3.8) is 0 Å². The quantitative estimate of drug-likeness (QED) is 0.710. The molecule has 1 atom stereocenters. The van der Waals surface area contributed by atoms with E-state index in [1.807, 2.05) is 38.1 Å². The van der Waals surface area contributed by atoms with Gasteiger partial charge in [-0.25, -0.2) is 0 Å². The Bertz CT molecular complexity index is 376. The van der Waals surface area contributed by atoms with Crippen molar-refractivity contribution in [1.29, 1.82) is 0 Å². The van der Waals surface area contributed by atoms with Gasteiger partial charge in [0.05, 0.1) is 6.61 Å². The Balaban J connectivity index is 2.42. The molecule has 0 aromatic heterocycles. The van der Waals surface area contributed by atoms with Crippen LogP contribution in [0.2, 0.25) is 0 Å². The molecule has 0 fully saturated rings. The molecule has 4 nitrogen and oxygen atoms in total. The molecule has 1 amide bonds. The molecule has 0 aliphatic carbocycles. The molecule has 0 radical (unpaired) electrons. The van der Waals surface area contributed by atoms with Gasteiger partial charge in [-0.2, -0.15) is 0 Å². The SMILES string of the molecule is CCCCNC(=O)C(C)Nc1ccc(OCC)cc1. The van der Waals surface area contributed by atoms with E-state index in [0.29, 0.717) is 6.61 Å². The molecule has 0 saturated carbocycles. The predicted molar refractivity (Wildman–Crippen MR) is 78.6 cm³/mol. The third-order valence-corrected chi connectivity index (χ3v) is 2.77. The highest BCUT2D eigenvalue weighted by Crippen LogP contribution is 2.16. The van der Waals surface area contributed by atoms with Crippen molar-refractivity contribution in [2.45, 2.75) is 39.7 Å². The summed E-state index contributed by atoms with van der Waals surface area (Å²) < 4.78 is 5.37. The smallest absolute Gasteiger partial charge is 0.242 e. The first-order valence-corrected chi connectivity index (χ1v) is 6.94. The van der Waals surface area contributed by atoms with Gasteiger partial charge in [0, 0.05) is 12.2 Å². The zero-order valence-corrected chi connectivity index (χ0v) is 12.0. The zero-order valence-electron chi connectivity index (χ0n) is 12.0. The van der Waals surface area contributed by atoms with Crippen LogP contribution in [-0.2, 0) is 4.79 Å². The minimum Gasteiger partial charge on any atom is -0.494 e. The molecule has 2 N–H and O–H groups in total. The Morgan fingerprint density at radius 1 is 1.26 bits per heavy atom. The minimum absolute atomic E-state index is 0.0299. The molecule has 0 heterocycles. The maximum atomic E-state index is 11.8. The maximum absolute atomic E-state index is 11.8. The summed E-state index contributed by atoms with van der Waals surface area (Å²) >= 11 is 0. The summed E-state index contributed by atoms with van der Waals surface area (Å²) in [5, 5.41) is 6.08. The second-order valence-electron chi connectivity index (χ2n) is 4.47. The second kappa shape index (κ2) is 8.40. The van der Waals surface area contributed by atoms with E-state index in [-0.39, 0.29) is 11.9 Å². The summed E-state index contributed by atoms with van der Waals surface area (Å²) in [6.45, 7) is 7.31. The molecular weight excluding hydrogens is 240 g/mol. The van der Waals surface area contributed by atoms with Crippen LogP contribution in [0.15, 0.2) is 24.3 Å². The standard InChI is InChI=1S/C15H24N2O2/c1-4-6-11-16-15(18)12(3)17-13-7-9-14(10-8-13)19-5-2/h7-10,12,17H,4-6,11H2,1-3H3,(H,16,18). The van der Waals surface area contributed by atoms with Gasteiger partial charge in [0.1, 0.15) is 11.8 Å². The molecule has 1 aromatic rings. The molecule has 0 bridgehead atoms. The number of unbranched alkanes of at least 4 members (excludes halogenated alkanes) is 1. The second-order valence-corrected chi connectivity index (χ2v) is 4.47. The third-order valence-electron chi connectivity index (χ3n) is 2.77. The molecule has 1 rings (SSSR count). The van der Waals surface area contributed by atoms with E-state index in [1.54, 1.807) is 0 Å². The van der Waals surface area contributed by atoms with Crippen molar-refractivity contribution in [2.24, 2.45) is 0 Å². The van der Waals surface area contributed by atoms with E-state index in [2.05, 4.69) is 17.6 Å². The lowest BCUT2D eigenvalue weighted by Crippen LogP contribution is -2.37. The number of hydrogen-bond acceptors (Lipinski definition) is 3. The highest BCUT2D eigenvalue weighted by atomic mass is 16.5. The Labute approximate surface area is 115 Å². The van der Waals surface area contributed by atoms with E-state index in [1.165, 1.54) is 0 Å². The molecular formula is C15H24N2O2. The van der Waals surface area contributed by atoms with Crippen molar-refractivity contribution in [3.05, 3.63) is 24.3 Å². The van der Waals surface area contributed by atoms with Crippen LogP contribution in [0, 0.1) is 0 Å². The van der Waals surface area contributed by atoms with Crippen LogP contribution in [0.5, 0.6) is 5.75 Å². The van der Waals surface area contributed by atoms with E-state index < -0.39 is 0 Å². The molecule has 0 aliphatic rings. The van der Waals surface area contributed by atoms with Crippen molar-refractivity contribution >= 4 is 11.6 Å². The lowest BCUT2D eigenvalue weighted by Gasteiger charge is -2.15. The summed E-state index contributed by atoms with van der Waals surface area (Å²) in [7, 11) is 0. The number of ether oxygens (including phenoxy) is 1. The van der Waals surface area contributed by atoms with Gasteiger partial charge in [-0.05, 0) is 44.5 Å². The van der Waals surface area contributed by atoms with Gasteiger partial charge in [0.2, 0.25) is 5.91 Å². The molecule has 1 aromatic carbocycles. The monoisotopic (exact) mass is 264 g/mol. The van der Waals surface area contributed by atoms with Crippen LogP contribution in [0.25, 0.3) is 0 Å². The predicted octanol–water partition coefficient (Wildman–Crippen LogP) is 2.80. The number of carbonyl (C=O) groups is 1. The molecule has 0 saturated heterocycles. The van der Waals surface area contributed by atoms with Crippen LogP contribution in [0.4, 0.5) is 5.69 Å². The zero-order chi connectivity index (χ0) is 14.1. The largest absolute Gasteiger partial charge is 0.494 e. The number of amides is 1. The van der Waals surface area contributed by atoms with Crippen LogP contribution in [0.1, 0.15) is 33.6 Å². The van der Waals surface area contributed by atoms with E-state index in [9.17, 15) is 4.79 Å². The van der Waals surface area contributed by atoms with E-state index >= 15 is 0 Å². The Morgan fingerprint density at radius 3 is 2.53 bits per heavy atom. The van der Waals surface area contributed by atoms with Gasteiger partial charge in [-0.15, -0.1) is 0 Å². The van der Waals surface area contributed by atoms with Crippen molar-refractivity contribution in [2.75, 3.05) is 18.5 Å². The van der Waals surface area contributed by atoms with E-state index in [4.69, 9.17) is 4.74 Å². The van der Waals surface area contributed by atoms with Gasteiger partial charge in [-0.1, -0.05) is 13.3 Å². The third kappa shape index (κ3) is 5.64. The fourth-order valence-corrected chi connectivity index (χ4v) is 1.67. The van der Waals surface area contributed by atoms with Gasteiger partial charge >= 0.3 is 0 Å². The molecule has 19 heavy (non-hydrogen) atoms. The summed E-state index contributed by atoms with van der Waals surface area (Å²) in [4.78, 5) is 11.8. The highest BCUT2D eigenvalue weighted by Gasteiger charge is 2.11. The Kier molecular flexibility index (Phi) is 6.79. The first-order chi connectivity index (χ1) is 9.17. The van der Waals surface area contributed by atoms with Gasteiger partial charge in [0.15, 0.2) is 0 Å². The van der Waals surface area contributed by atoms with Crippen molar-refractivity contribution in [1.82, 2.24) is 5.32 Å². The fraction of sp³-hybridized carbons (Fsp3) is 0.533. The van der Waals surface area contributed by atoms with Crippen LogP contribution >= 0.6 is 0 Å². The summed E-state index contributed by atoms with van der Waals surface area (Å²) in [5.41, 5.74) is 0.918. The minimum atomic E-state index is -0.241. The number of benzene rings is 1. The number of hydrogen-bond donors (Lipinski definition) is 2. The lowest BCUT2D eigenvalue weighted by atomic mass is 10.2. The van der Waals surface area contributed by atoms with Crippen molar-refractivity contribution < 1.29 is 9.53 Å². The highest BCUT2D eigenvalue weighted by molar-refractivity contribution is 5.84. The van der Waals surface area contributed by atoms with Crippen LogP contribution < -0.4 is 15.4 Å². The van der Waals surface area contributed by atoms with Crippen LogP contribution in [0.3, 0.4) is 0 Å². The van der Waals surface area contributed by atoms with Gasteiger partial charge in [0.25, 0.3) is 0 Å². The molecule has 0 aliphatic heterocycles. The lowest BCUT2D eigenvalue weighted by molar-refractivity contribution is -0.121. The first-order valence-electron chi connectivity index (χ1n) is 6.94. The number of rotatable bonds is 8. The molecule has 4 heteroatoms. The van der Waals surface area contributed by atoms with Crippen molar-refractivity contribution in [3.8, 4) is 5.75 Å². The summed E-state index contributed by atoms with van der Waals surface area (Å²) in [6.07, 6.45) is 2.10. The van der Waals surface area contributed by atoms with Gasteiger partial charge in [-0.3, -0.25) is 4.79 Å². The maximum Gasteiger partial charge on any atom is 0.242 e. The topological polar surface area (TPSA) is 50.4 Å². The molecule has 0 spiro atoms. The number of nitrogens with one attached hydrogen (secondary N) is 2. The average molecular weight is 264 g/mol. The number of anilines is 1. The Hall–Kier alpha value is -1.71. The normalized spacial score (nSPS) is 11.7. The van der Waals surface area contributed by atoms with Crippen LogP contribution in [-0.4, -0.2) is 25.1 Å². The average Bonchev–Trinajstić information content (AvgIpc) is 2.41. The summed E-state index contributed by atoms with van der Waals surface area (Å²) in [5.74, 6) is 0.871.